The lowest BCUT2D eigenvalue weighted by molar-refractivity contribution is -0.132. The van der Waals surface area contributed by atoms with Crippen molar-refractivity contribution < 1.29 is 4.79 Å². The average molecular weight is 323 g/mol. The summed E-state index contributed by atoms with van der Waals surface area (Å²) in [6, 6.07) is 8.10. The maximum absolute atomic E-state index is 12.9. The van der Waals surface area contributed by atoms with E-state index in [1.54, 1.807) is 4.68 Å². The fraction of sp³-hybridized carbons (Fsp3) is 0.389. The third-order valence-corrected chi connectivity index (χ3v) is 4.82. The Hall–Kier alpha value is -2.63. The Morgan fingerprint density at radius 1 is 1.33 bits per heavy atom. The van der Waals surface area contributed by atoms with Gasteiger partial charge in [-0.15, -0.1) is 0 Å². The van der Waals surface area contributed by atoms with Crippen LogP contribution in [0.1, 0.15) is 30.3 Å². The van der Waals surface area contributed by atoms with E-state index >= 15 is 0 Å². The maximum atomic E-state index is 12.9. The predicted octanol–water partition coefficient (Wildman–Crippen LogP) is 2.44. The number of amides is 1. The third kappa shape index (κ3) is 2.48. The molecule has 0 saturated carbocycles. The van der Waals surface area contributed by atoms with Gasteiger partial charge in [0.25, 0.3) is 0 Å². The first-order chi connectivity index (χ1) is 11.6. The maximum Gasteiger partial charge on any atom is 0.243 e. The van der Waals surface area contributed by atoms with Crippen molar-refractivity contribution in [2.45, 2.75) is 32.4 Å². The number of hydrogen-bond donors (Lipinski definition) is 0. The third-order valence-electron chi connectivity index (χ3n) is 4.82. The Morgan fingerprint density at radius 3 is 2.96 bits per heavy atom. The molecule has 0 aliphatic carbocycles. The molecule has 1 aliphatic heterocycles. The molecule has 2 aromatic heterocycles. The molecule has 0 N–H and O–H groups in total. The molecule has 1 aromatic carbocycles. The SMILES string of the molecule is Cc1nc2ccccc2n1CC(=O)N1CCCC1c1cnn(C)c1. The fourth-order valence-corrected chi connectivity index (χ4v) is 3.65. The van der Waals surface area contributed by atoms with Crippen LogP contribution in [-0.4, -0.2) is 36.7 Å². The second-order valence-corrected chi connectivity index (χ2v) is 6.43. The standard InChI is InChI=1S/C18H21N5O/c1-13-20-15-6-3-4-7-17(15)23(13)12-18(24)22-9-5-8-16(22)14-10-19-21(2)11-14/h3-4,6-7,10-11,16H,5,8-9,12H2,1-2H3. The summed E-state index contributed by atoms with van der Waals surface area (Å²) < 4.78 is 3.81. The number of benzene rings is 1. The summed E-state index contributed by atoms with van der Waals surface area (Å²) in [6.45, 7) is 3.10. The summed E-state index contributed by atoms with van der Waals surface area (Å²) in [5.74, 6) is 1.02. The van der Waals surface area contributed by atoms with Gasteiger partial charge < -0.3 is 9.47 Å². The van der Waals surface area contributed by atoms with E-state index in [9.17, 15) is 4.79 Å². The van der Waals surface area contributed by atoms with Crippen molar-refractivity contribution in [3.63, 3.8) is 0 Å². The van der Waals surface area contributed by atoms with E-state index in [1.165, 1.54) is 0 Å². The van der Waals surface area contributed by atoms with Gasteiger partial charge in [0, 0.05) is 25.4 Å². The van der Waals surface area contributed by atoms with E-state index < -0.39 is 0 Å². The fourth-order valence-electron chi connectivity index (χ4n) is 3.65. The minimum Gasteiger partial charge on any atom is -0.334 e. The molecule has 1 aliphatic rings. The van der Waals surface area contributed by atoms with Gasteiger partial charge in [0.1, 0.15) is 12.4 Å². The van der Waals surface area contributed by atoms with E-state index in [2.05, 4.69) is 10.1 Å². The Morgan fingerprint density at radius 2 is 2.17 bits per heavy atom. The number of imidazole rings is 1. The van der Waals surface area contributed by atoms with Crippen molar-refractivity contribution >= 4 is 16.9 Å². The lowest BCUT2D eigenvalue weighted by Gasteiger charge is -2.24. The highest BCUT2D eigenvalue weighted by molar-refractivity contribution is 5.81. The van der Waals surface area contributed by atoms with Gasteiger partial charge in [-0.05, 0) is 31.9 Å². The van der Waals surface area contributed by atoms with Crippen molar-refractivity contribution in [2.75, 3.05) is 6.54 Å². The lowest BCUT2D eigenvalue weighted by Crippen LogP contribution is -2.33. The number of aryl methyl sites for hydroxylation is 2. The van der Waals surface area contributed by atoms with E-state index in [0.29, 0.717) is 6.54 Å². The molecule has 3 aromatic rings. The minimum absolute atomic E-state index is 0.140. The monoisotopic (exact) mass is 323 g/mol. The van der Waals surface area contributed by atoms with Crippen LogP contribution in [0.4, 0.5) is 0 Å². The van der Waals surface area contributed by atoms with Gasteiger partial charge in [-0.3, -0.25) is 9.48 Å². The van der Waals surface area contributed by atoms with Gasteiger partial charge in [0.15, 0.2) is 0 Å². The first-order valence-corrected chi connectivity index (χ1v) is 8.33. The number of hydrogen-bond acceptors (Lipinski definition) is 3. The van der Waals surface area contributed by atoms with Gasteiger partial charge >= 0.3 is 0 Å². The number of carbonyl (C=O) groups excluding carboxylic acids is 1. The highest BCUT2D eigenvalue weighted by Gasteiger charge is 2.31. The lowest BCUT2D eigenvalue weighted by atomic mass is 10.1. The molecule has 124 valence electrons. The van der Waals surface area contributed by atoms with Crippen LogP contribution in [0.2, 0.25) is 0 Å². The molecule has 24 heavy (non-hydrogen) atoms. The first-order valence-electron chi connectivity index (χ1n) is 8.33. The largest absolute Gasteiger partial charge is 0.334 e. The normalized spacial score (nSPS) is 17.8. The van der Waals surface area contributed by atoms with Gasteiger partial charge in [-0.1, -0.05) is 12.1 Å². The predicted molar refractivity (Wildman–Crippen MR) is 91.4 cm³/mol. The van der Waals surface area contributed by atoms with E-state index in [1.807, 2.05) is 60.1 Å². The minimum atomic E-state index is 0.140. The molecular formula is C18H21N5O. The molecular weight excluding hydrogens is 302 g/mol. The topological polar surface area (TPSA) is 56.0 Å². The van der Waals surface area contributed by atoms with Crippen LogP contribution in [0.5, 0.6) is 0 Å². The van der Waals surface area contributed by atoms with E-state index in [0.717, 1.165) is 41.8 Å². The molecule has 1 atom stereocenters. The average Bonchev–Trinajstić information content (AvgIpc) is 3.27. The summed E-state index contributed by atoms with van der Waals surface area (Å²) in [5.41, 5.74) is 3.07. The molecule has 0 bridgehead atoms. The van der Waals surface area contributed by atoms with Crippen LogP contribution < -0.4 is 0 Å². The summed E-state index contributed by atoms with van der Waals surface area (Å²) in [5, 5.41) is 4.25. The molecule has 4 rings (SSSR count). The Bertz CT molecular complexity index is 894. The number of fused-ring (bicyclic) bond motifs is 1. The molecule has 1 amide bonds. The molecule has 1 fully saturated rings. The van der Waals surface area contributed by atoms with Gasteiger partial charge in [-0.2, -0.15) is 5.10 Å². The van der Waals surface area contributed by atoms with Crippen LogP contribution in [-0.2, 0) is 18.4 Å². The number of nitrogens with zero attached hydrogens (tertiary/aromatic N) is 5. The number of para-hydroxylation sites is 2. The molecule has 1 unspecified atom stereocenters. The van der Waals surface area contributed by atoms with Crippen LogP contribution in [0.25, 0.3) is 11.0 Å². The van der Waals surface area contributed by atoms with Gasteiger partial charge in [0.2, 0.25) is 5.91 Å². The van der Waals surface area contributed by atoms with Crippen molar-refractivity contribution in [1.29, 1.82) is 0 Å². The second-order valence-electron chi connectivity index (χ2n) is 6.43. The van der Waals surface area contributed by atoms with E-state index in [-0.39, 0.29) is 11.9 Å². The van der Waals surface area contributed by atoms with E-state index in [4.69, 9.17) is 0 Å². The summed E-state index contributed by atoms with van der Waals surface area (Å²) in [7, 11) is 1.91. The van der Waals surface area contributed by atoms with Crippen molar-refractivity contribution in [3.8, 4) is 0 Å². The summed E-state index contributed by atoms with van der Waals surface area (Å²) >= 11 is 0. The van der Waals surface area contributed by atoms with Crippen molar-refractivity contribution in [3.05, 3.63) is 48.0 Å². The summed E-state index contributed by atoms with van der Waals surface area (Å²) in [4.78, 5) is 19.5. The molecule has 0 radical (unpaired) electrons. The second kappa shape index (κ2) is 5.78. The summed E-state index contributed by atoms with van der Waals surface area (Å²) in [6.07, 6.45) is 5.91. The molecule has 3 heterocycles. The molecule has 6 heteroatoms. The van der Waals surface area contributed by atoms with Gasteiger partial charge in [-0.25, -0.2) is 4.98 Å². The zero-order valence-corrected chi connectivity index (χ0v) is 14.0. The number of carbonyl (C=O) groups is 1. The zero-order valence-electron chi connectivity index (χ0n) is 14.0. The Kier molecular flexibility index (Phi) is 3.59. The van der Waals surface area contributed by atoms with Crippen LogP contribution in [0.3, 0.4) is 0 Å². The zero-order chi connectivity index (χ0) is 16.7. The Labute approximate surface area is 140 Å². The number of likely N-dealkylation sites (tertiary alicyclic amines) is 1. The smallest absolute Gasteiger partial charge is 0.243 e. The van der Waals surface area contributed by atoms with Crippen molar-refractivity contribution in [2.24, 2.45) is 7.05 Å². The van der Waals surface area contributed by atoms with Gasteiger partial charge in [0.05, 0.1) is 23.3 Å². The first kappa shape index (κ1) is 14.9. The molecule has 1 saturated heterocycles. The number of aromatic nitrogens is 4. The highest BCUT2D eigenvalue weighted by Crippen LogP contribution is 2.32. The van der Waals surface area contributed by atoms with Crippen LogP contribution >= 0.6 is 0 Å². The highest BCUT2D eigenvalue weighted by atomic mass is 16.2. The molecule has 0 spiro atoms. The van der Waals surface area contributed by atoms with Crippen molar-refractivity contribution in [1.82, 2.24) is 24.2 Å². The number of rotatable bonds is 3. The van der Waals surface area contributed by atoms with Crippen LogP contribution in [0.15, 0.2) is 36.7 Å². The molecule has 6 nitrogen and oxygen atoms in total. The quantitative estimate of drug-likeness (QED) is 0.744. The Balaban J connectivity index is 1.60. The van der Waals surface area contributed by atoms with Crippen LogP contribution in [0, 0.1) is 6.92 Å².